The lowest BCUT2D eigenvalue weighted by atomic mass is 10.2. The molecule has 0 aliphatic heterocycles. The van der Waals surface area contributed by atoms with Crippen LogP contribution in [0.1, 0.15) is 31.1 Å². The van der Waals surface area contributed by atoms with Gasteiger partial charge in [-0.15, -0.1) is 0 Å². The molecule has 0 saturated carbocycles. The minimum Gasteiger partial charge on any atom is -0.338 e. The summed E-state index contributed by atoms with van der Waals surface area (Å²) in [6, 6.07) is 4.47. The number of aromatic amines is 1. The van der Waals surface area contributed by atoms with Gasteiger partial charge in [0.25, 0.3) is 0 Å². The molecule has 2 N–H and O–H groups in total. The Morgan fingerprint density at radius 3 is 2.70 bits per heavy atom. The molecule has 3 heterocycles. The number of hydrogen-bond acceptors (Lipinski definition) is 3. The Hall–Kier alpha value is -2.30. The molecule has 3 rings (SSSR count). The molecule has 5 heteroatoms. The van der Waals surface area contributed by atoms with Crippen molar-refractivity contribution in [2.75, 3.05) is 5.32 Å². The molecule has 0 aromatic carbocycles. The maximum Gasteiger partial charge on any atom is 0.155 e. The van der Waals surface area contributed by atoms with Crippen molar-refractivity contribution in [1.82, 2.24) is 19.7 Å². The van der Waals surface area contributed by atoms with Gasteiger partial charge in [-0.3, -0.25) is 5.10 Å². The smallest absolute Gasteiger partial charge is 0.155 e. The number of pyridine rings is 1. The van der Waals surface area contributed by atoms with Crippen LogP contribution in [0.4, 0.5) is 11.5 Å². The molecule has 3 aromatic heterocycles. The van der Waals surface area contributed by atoms with Gasteiger partial charge in [-0.05, 0) is 39.8 Å². The van der Waals surface area contributed by atoms with Crippen LogP contribution in [-0.4, -0.2) is 19.7 Å². The van der Waals surface area contributed by atoms with Crippen LogP contribution in [0.3, 0.4) is 0 Å². The van der Waals surface area contributed by atoms with E-state index in [1.165, 1.54) is 0 Å². The maximum atomic E-state index is 4.49. The Labute approximate surface area is 118 Å². The normalized spacial score (nSPS) is 11.4. The van der Waals surface area contributed by atoms with Crippen LogP contribution in [0.25, 0.3) is 11.0 Å². The summed E-state index contributed by atoms with van der Waals surface area (Å²) in [5.74, 6) is 0.868. The van der Waals surface area contributed by atoms with Crippen LogP contribution >= 0.6 is 0 Å². The number of fused-ring (bicyclic) bond motifs is 1. The van der Waals surface area contributed by atoms with E-state index in [1.54, 1.807) is 0 Å². The number of anilines is 2. The molecule has 0 aliphatic carbocycles. The number of rotatable bonds is 3. The van der Waals surface area contributed by atoms with Gasteiger partial charge in [-0.2, -0.15) is 5.10 Å². The average molecular weight is 269 g/mol. The summed E-state index contributed by atoms with van der Waals surface area (Å²) in [5, 5.41) is 11.8. The Balaban J connectivity index is 2.06. The lowest BCUT2D eigenvalue weighted by Crippen LogP contribution is -2.00. The largest absolute Gasteiger partial charge is 0.338 e. The highest BCUT2D eigenvalue weighted by Gasteiger charge is 2.11. The third-order valence-electron chi connectivity index (χ3n) is 3.68. The van der Waals surface area contributed by atoms with Crippen LogP contribution < -0.4 is 5.32 Å². The Bertz CT molecular complexity index is 751. The maximum absolute atomic E-state index is 4.49. The zero-order valence-corrected chi connectivity index (χ0v) is 12.2. The van der Waals surface area contributed by atoms with Crippen LogP contribution in [0.5, 0.6) is 0 Å². The van der Waals surface area contributed by atoms with E-state index in [4.69, 9.17) is 0 Å². The minimum atomic E-state index is 0.393. The van der Waals surface area contributed by atoms with Crippen molar-refractivity contribution < 1.29 is 0 Å². The summed E-state index contributed by atoms with van der Waals surface area (Å²) in [5.41, 5.74) is 4.25. The highest BCUT2D eigenvalue weighted by atomic mass is 15.2. The summed E-state index contributed by atoms with van der Waals surface area (Å²) in [7, 11) is 0. The van der Waals surface area contributed by atoms with Crippen molar-refractivity contribution >= 4 is 22.5 Å². The van der Waals surface area contributed by atoms with Gasteiger partial charge >= 0.3 is 0 Å². The standard InChI is InChI=1S/C15H19N5/c1-9(2)20-8-6-12-13(5-7-16-15(12)20)17-14-10(3)11(4)18-19-14/h5-9H,1-4H3,(H2,16,17,18,19). The summed E-state index contributed by atoms with van der Waals surface area (Å²) in [4.78, 5) is 4.49. The van der Waals surface area contributed by atoms with E-state index in [1.807, 2.05) is 19.2 Å². The Morgan fingerprint density at radius 2 is 2.05 bits per heavy atom. The molecule has 0 radical (unpaired) electrons. The van der Waals surface area contributed by atoms with Crippen molar-refractivity contribution in [3.05, 3.63) is 35.8 Å². The van der Waals surface area contributed by atoms with Gasteiger partial charge in [0.05, 0.1) is 5.69 Å². The number of hydrogen-bond donors (Lipinski definition) is 2. The molecule has 0 fully saturated rings. The molecule has 0 spiro atoms. The van der Waals surface area contributed by atoms with Gasteiger partial charge < -0.3 is 9.88 Å². The third kappa shape index (κ3) is 1.95. The lowest BCUT2D eigenvalue weighted by molar-refractivity contribution is 0.618. The average Bonchev–Trinajstić information content (AvgIpc) is 2.98. The minimum absolute atomic E-state index is 0.393. The number of aromatic nitrogens is 4. The molecule has 0 saturated heterocycles. The lowest BCUT2D eigenvalue weighted by Gasteiger charge is -2.10. The third-order valence-corrected chi connectivity index (χ3v) is 3.68. The monoisotopic (exact) mass is 269 g/mol. The van der Waals surface area contributed by atoms with Crippen LogP contribution in [0.15, 0.2) is 24.5 Å². The van der Waals surface area contributed by atoms with Gasteiger partial charge in [-0.1, -0.05) is 0 Å². The number of nitrogens with zero attached hydrogens (tertiary/aromatic N) is 3. The number of H-pyrrole nitrogens is 1. The fraction of sp³-hybridized carbons (Fsp3) is 0.333. The second kappa shape index (κ2) is 4.67. The van der Waals surface area contributed by atoms with Crippen molar-refractivity contribution in [2.24, 2.45) is 0 Å². The second-order valence-corrected chi connectivity index (χ2v) is 5.36. The first-order valence-corrected chi connectivity index (χ1v) is 6.82. The summed E-state index contributed by atoms with van der Waals surface area (Å²) >= 11 is 0. The van der Waals surface area contributed by atoms with Crippen LogP contribution in [0, 0.1) is 13.8 Å². The molecule has 0 amide bonds. The van der Waals surface area contributed by atoms with Crippen LogP contribution in [-0.2, 0) is 0 Å². The van der Waals surface area contributed by atoms with E-state index >= 15 is 0 Å². The molecule has 0 unspecified atom stereocenters. The highest BCUT2D eigenvalue weighted by Crippen LogP contribution is 2.28. The fourth-order valence-corrected chi connectivity index (χ4v) is 2.32. The number of aryl methyl sites for hydroxylation is 1. The van der Waals surface area contributed by atoms with E-state index in [0.29, 0.717) is 6.04 Å². The van der Waals surface area contributed by atoms with Crippen LogP contribution in [0.2, 0.25) is 0 Å². The van der Waals surface area contributed by atoms with Gasteiger partial charge in [0.15, 0.2) is 5.82 Å². The summed E-state index contributed by atoms with van der Waals surface area (Å²) in [6.07, 6.45) is 3.91. The first kappa shape index (κ1) is 12.7. The quantitative estimate of drug-likeness (QED) is 0.762. The van der Waals surface area contributed by atoms with Crippen molar-refractivity contribution in [2.45, 2.75) is 33.7 Å². The number of nitrogens with one attached hydrogen (secondary N) is 2. The second-order valence-electron chi connectivity index (χ2n) is 5.36. The predicted octanol–water partition coefficient (Wildman–Crippen LogP) is 3.70. The van der Waals surface area contributed by atoms with Gasteiger partial charge in [0, 0.05) is 35.1 Å². The zero-order chi connectivity index (χ0) is 14.3. The van der Waals surface area contributed by atoms with Gasteiger partial charge in [0.1, 0.15) is 5.65 Å². The van der Waals surface area contributed by atoms with E-state index in [9.17, 15) is 0 Å². The highest BCUT2D eigenvalue weighted by molar-refractivity contribution is 5.91. The molecule has 104 valence electrons. The summed E-state index contributed by atoms with van der Waals surface area (Å²) < 4.78 is 2.17. The SMILES string of the molecule is Cc1[nH]nc(Nc2ccnc3c2ccn3C(C)C)c1C. The molecule has 3 aromatic rings. The molecule has 20 heavy (non-hydrogen) atoms. The molecular formula is C15H19N5. The van der Waals surface area contributed by atoms with Crippen molar-refractivity contribution in [3.63, 3.8) is 0 Å². The van der Waals surface area contributed by atoms with E-state index in [2.05, 4.69) is 58.1 Å². The predicted molar refractivity (Wildman–Crippen MR) is 81.5 cm³/mol. The Morgan fingerprint density at radius 1 is 1.25 bits per heavy atom. The van der Waals surface area contributed by atoms with E-state index in [0.717, 1.165) is 33.8 Å². The fourth-order valence-electron chi connectivity index (χ4n) is 2.32. The first-order valence-electron chi connectivity index (χ1n) is 6.82. The zero-order valence-electron chi connectivity index (χ0n) is 12.2. The topological polar surface area (TPSA) is 58.5 Å². The molecule has 0 aliphatic rings. The Kier molecular flexibility index (Phi) is 2.97. The van der Waals surface area contributed by atoms with E-state index in [-0.39, 0.29) is 0 Å². The molecular weight excluding hydrogens is 250 g/mol. The first-order chi connectivity index (χ1) is 9.58. The van der Waals surface area contributed by atoms with Crippen molar-refractivity contribution in [1.29, 1.82) is 0 Å². The molecule has 5 nitrogen and oxygen atoms in total. The van der Waals surface area contributed by atoms with E-state index < -0.39 is 0 Å². The van der Waals surface area contributed by atoms with Crippen molar-refractivity contribution in [3.8, 4) is 0 Å². The summed E-state index contributed by atoms with van der Waals surface area (Å²) in [6.45, 7) is 8.38. The molecule has 0 bridgehead atoms. The van der Waals surface area contributed by atoms with Gasteiger partial charge in [0.2, 0.25) is 0 Å². The molecule has 0 atom stereocenters. The van der Waals surface area contributed by atoms with Gasteiger partial charge in [-0.25, -0.2) is 4.98 Å².